The van der Waals surface area contributed by atoms with Gasteiger partial charge in [-0.2, -0.15) is 0 Å². The lowest BCUT2D eigenvalue weighted by molar-refractivity contribution is -0.133. The number of imide groups is 1. The number of carbonyl (C=O) groups is 3. The Balaban J connectivity index is 1.72. The molecule has 0 aromatic heterocycles. The maximum absolute atomic E-state index is 13.7. The molecule has 254 valence electrons. The van der Waals surface area contributed by atoms with Crippen molar-refractivity contribution >= 4 is 17.9 Å². The minimum Gasteiger partial charge on any atom is -0.444 e. The monoisotopic (exact) mass is 636 g/mol. The molecule has 46 heavy (non-hydrogen) atoms. The van der Waals surface area contributed by atoms with E-state index in [4.69, 9.17) is 4.74 Å². The Morgan fingerprint density at radius 3 is 2.11 bits per heavy atom. The van der Waals surface area contributed by atoms with Gasteiger partial charge in [0.25, 0.3) is 0 Å². The van der Waals surface area contributed by atoms with Gasteiger partial charge in [-0.3, -0.25) is 14.9 Å². The van der Waals surface area contributed by atoms with Gasteiger partial charge in [0.15, 0.2) is 0 Å². The first-order chi connectivity index (χ1) is 22.0. The third kappa shape index (κ3) is 14.0. The van der Waals surface area contributed by atoms with Crippen molar-refractivity contribution in [3.63, 3.8) is 0 Å². The first kappa shape index (κ1) is 37.2. The molecule has 0 heterocycles. The Hall–Kier alpha value is -3.27. The maximum Gasteiger partial charge on any atom is 0.408 e. The summed E-state index contributed by atoms with van der Waals surface area (Å²) < 4.78 is 5.41. The van der Waals surface area contributed by atoms with E-state index >= 15 is 0 Å². The van der Waals surface area contributed by atoms with Crippen molar-refractivity contribution in [2.75, 3.05) is 6.54 Å². The first-order valence-electron chi connectivity index (χ1n) is 17.1. The molecule has 2 aromatic carbocycles. The van der Waals surface area contributed by atoms with Gasteiger partial charge in [0.2, 0.25) is 11.8 Å². The summed E-state index contributed by atoms with van der Waals surface area (Å²) in [6.07, 6.45) is 7.51. The molecule has 3 rings (SSSR count). The quantitative estimate of drug-likeness (QED) is 0.157. The SMILES string of the molecule is CCCC[C@H](N[C@@H](CC1CCCCC1)[C@H](O)CNCc1ccccc1)C(=O)NC(=O)[C@H](Cc1ccccc1)NC(=O)OC(C)(C)C. The summed E-state index contributed by atoms with van der Waals surface area (Å²) in [5.41, 5.74) is 1.23. The average Bonchev–Trinajstić information content (AvgIpc) is 3.02. The van der Waals surface area contributed by atoms with Crippen LogP contribution in [0, 0.1) is 5.92 Å². The molecule has 0 unspecified atom stereocenters. The predicted molar refractivity (Wildman–Crippen MR) is 182 cm³/mol. The lowest BCUT2D eigenvalue weighted by Gasteiger charge is -2.33. The molecule has 1 saturated carbocycles. The number of unbranched alkanes of at least 4 members (excludes halogenated alkanes) is 1. The number of hydrogen-bond donors (Lipinski definition) is 5. The van der Waals surface area contributed by atoms with E-state index in [2.05, 4.69) is 28.2 Å². The Bertz CT molecular complexity index is 1180. The van der Waals surface area contributed by atoms with Gasteiger partial charge >= 0.3 is 6.09 Å². The number of ether oxygens (including phenoxy) is 1. The molecule has 0 radical (unpaired) electrons. The van der Waals surface area contributed by atoms with E-state index < -0.39 is 41.7 Å². The van der Waals surface area contributed by atoms with Crippen molar-refractivity contribution in [1.29, 1.82) is 0 Å². The summed E-state index contributed by atoms with van der Waals surface area (Å²) in [5.74, 6) is -0.586. The maximum atomic E-state index is 13.7. The number of nitrogens with one attached hydrogen (secondary N) is 4. The van der Waals surface area contributed by atoms with E-state index in [1.165, 1.54) is 19.3 Å². The normalized spacial score (nSPS) is 16.5. The summed E-state index contributed by atoms with van der Waals surface area (Å²) in [5, 5.41) is 23.5. The summed E-state index contributed by atoms with van der Waals surface area (Å²) in [7, 11) is 0. The van der Waals surface area contributed by atoms with Gasteiger partial charge < -0.3 is 25.8 Å². The van der Waals surface area contributed by atoms with Crippen LogP contribution in [0.3, 0.4) is 0 Å². The molecule has 0 aliphatic heterocycles. The number of amides is 3. The molecule has 4 atom stereocenters. The average molecular weight is 637 g/mol. The van der Waals surface area contributed by atoms with Gasteiger partial charge in [-0.05, 0) is 50.7 Å². The van der Waals surface area contributed by atoms with Crippen LogP contribution in [0.25, 0.3) is 0 Å². The Morgan fingerprint density at radius 2 is 1.50 bits per heavy atom. The summed E-state index contributed by atoms with van der Waals surface area (Å²) >= 11 is 0. The molecule has 0 bridgehead atoms. The van der Waals surface area contributed by atoms with Crippen LogP contribution in [0.1, 0.15) is 96.6 Å². The Kier molecular flexibility index (Phi) is 15.7. The van der Waals surface area contributed by atoms with Crippen molar-refractivity contribution in [3.8, 4) is 0 Å². The van der Waals surface area contributed by atoms with Crippen LogP contribution in [-0.4, -0.2) is 59.4 Å². The number of aliphatic hydroxyl groups excluding tert-OH is 1. The number of benzene rings is 2. The van der Waals surface area contributed by atoms with Crippen LogP contribution in [0.15, 0.2) is 60.7 Å². The summed E-state index contributed by atoms with van der Waals surface area (Å²) in [6.45, 7) is 8.32. The zero-order valence-electron chi connectivity index (χ0n) is 28.2. The van der Waals surface area contributed by atoms with Gasteiger partial charge in [-0.1, -0.05) is 113 Å². The van der Waals surface area contributed by atoms with Crippen LogP contribution in [0.5, 0.6) is 0 Å². The molecule has 0 spiro atoms. The Morgan fingerprint density at radius 1 is 0.891 bits per heavy atom. The van der Waals surface area contributed by atoms with E-state index in [0.717, 1.165) is 43.2 Å². The van der Waals surface area contributed by atoms with Gasteiger partial charge in [0.1, 0.15) is 11.6 Å². The fourth-order valence-corrected chi connectivity index (χ4v) is 5.98. The van der Waals surface area contributed by atoms with Gasteiger partial charge in [0, 0.05) is 25.6 Å². The topological polar surface area (TPSA) is 129 Å². The summed E-state index contributed by atoms with van der Waals surface area (Å²) in [4.78, 5) is 40.0. The number of aliphatic hydroxyl groups is 1. The van der Waals surface area contributed by atoms with Crippen molar-refractivity contribution in [2.45, 2.75) is 128 Å². The van der Waals surface area contributed by atoms with Crippen molar-refractivity contribution in [3.05, 3.63) is 71.8 Å². The highest BCUT2D eigenvalue weighted by Crippen LogP contribution is 2.28. The molecular formula is C37H56N4O5. The van der Waals surface area contributed by atoms with Crippen molar-refractivity contribution < 1.29 is 24.2 Å². The molecule has 9 nitrogen and oxygen atoms in total. The van der Waals surface area contributed by atoms with Crippen LogP contribution >= 0.6 is 0 Å². The molecule has 0 saturated heterocycles. The second-order valence-corrected chi connectivity index (χ2v) is 13.6. The second-order valence-electron chi connectivity index (χ2n) is 13.6. The third-order valence-corrected chi connectivity index (χ3v) is 8.42. The van der Waals surface area contributed by atoms with Crippen molar-refractivity contribution in [2.24, 2.45) is 5.92 Å². The van der Waals surface area contributed by atoms with Crippen LogP contribution in [-0.2, 0) is 27.3 Å². The van der Waals surface area contributed by atoms with Crippen LogP contribution in [0.4, 0.5) is 4.79 Å². The number of alkyl carbamates (subject to hydrolysis) is 1. The highest BCUT2D eigenvalue weighted by molar-refractivity contribution is 6.01. The minimum absolute atomic E-state index is 0.197. The molecule has 9 heteroatoms. The smallest absolute Gasteiger partial charge is 0.408 e. The molecule has 2 aromatic rings. The predicted octanol–water partition coefficient (Wildman–Crippen LogP) is 5.40. The molecular weight excluding hydrogens is 580 g/mol. The van der Waals surface area contributed by atoms with Crippen LogP contribution < -0.4 is 21.3 Å². The first-order valence-corrected chi connectivity index (χ1v) is 17.1. The lowest BCUT2D eigenvalue weighted by Crippen LogP contribution is -2.57. The fourth-order valence-electron chi connectivity index (χ4n) is 5.98. The molecule has 1 fully saturated rings. The Labute approximate surface area is 275 Å². The minimum atomic E-state index is -1.01. The van der Waals surface area contributed by atoms with Gasteiger partial charge in [-0.25, -0.2) is 4.79 Å². The highest BCUT2D eigenvalue weighted by atomic mass is 16.6. The van der Waals surface area contributed by atoms with E-state index in [0.29, 0.717) is 25.4 Å². The van der Waals surface area contributed by atoms with Gasteiger partial charge in [0.05, 0.1) is 12.1 Å². The number of hydrogen-bond acceptors (Lipinski definition) is 7. The van der Waals surface area contributed by atoms with E-state index in [1.807, 2.05) is 60.7 Å². The number of carbonyl (C=O) groups excluding carboxylic acids is 3. The van der Waals surface area contributed by atoms with Crippen LogP contribution in [0.2, 0.25) is 0 Å². The second kappa shape index (κ2) is 19.4. The fraction of sp³-hybridized carbons (Fsp3) is 0.595. The zero-order valence-corrected chi connectivity index (χ0v) is 28.2. The van der Waals surface area contributed by atoms with E-state index in [1.54, 1.807) is 20.8 Å². The number of rotatable bonds is 17. The van der Waals surface area contributed by atoms with Crippen molar-refractivity contribution in [1.82, 2.24) is 21.3 Å². The standard InChI is InChI=1S/C37H56N4O5/c1-5-6-22-30(34(43)41-35(44)32(24-28-18-12-8-13-19-28)40-36(45)46-37(2,3)4)39-31(23-27-16-10-7-11-17-27)33(42)26-38-25-29-20-14-9-15-21-29/h8-9,12-15,18-21,27,30-33,38-39,42H,5-7,10-11,16-17,22-26H2,1-4H3,(H,40,45)(H,41,43,44)/t30-,31-,32-,33+/m0/s1. The van der Waals surface area contributed by atoms with Gasteiger partial charge in [-0.15, -0.1) is 0 Å². The summed E-state index contributed by atoms with van der Waals surface area (Å²) in [6, 6.07) is 17.4. The largest absolute Gasteiger partial charge is 0.444 e. The highest BCUT2D eigenvalue weighted by Gasteiger charge is 2.32. The molecule has 5 N–H and O–H groups in total. The molecule has 1 aliphatic rings. The molecule has 3 amide bonds. The zero-order chi connectivity index (χ0) is 33.4. The van der Waals surface area contributed by atoms with E-state index in [-0.39, 0.29) is 12.5 Å². The lowest BCUT2D eigenvalue weighted by atomic mass is 9.83. The third-order valence-electron chi connectivity index (χ3n) is 8.42. The molecule has 1 aliphatic carbocycles. The van der Waals surface area contributed by atoms with E-state index in [9.17, 15) is 19.5 Å².